The molecule has 1 N–H and O–H groups in total. The van der Waals surface area contributed by atoms with Crippen molar-refractivity contribution >= 4 is 33.3 Å². The van der Waals surface area contributed by atoms with Gasteiger partial charge in [-0.2, -0.15) is 0 Å². The Morgan fingerprint density at radius 1 is 1.05 bits per heavy atom. The second-order valence-corrected chi connectivity index (χ2v) is 18.9. The number of aromatic nitrogens is 2. The number of allylic oxidation sites excluding steroid dienone is 2. The van der Waals surface area contributed by atoms with Crippen LogP contribution in [-0.2, 0) is 53.7 Å². The van der Waals surface area contributed by atoms with Crippen LogP contribution >= 0.6 is 11.6 Å². The van der Waals surface area contributed by atoms with Crippen molar-refractivity contribution in [2.24, 2.45) is 29.2 Å². The fraction of sp³-hybridized carbons (Fsp3) is 0.605. The zero-order chi connectivity index (χ0) is 41.7. The third-order valence-corrected chi connectivity index (χ3v) is 14.6. The molecule has 14 nitrogen and oxygen atoms in total. The van der Waals surface area contributed by atoms with Crippen LogP contribution < -0.4 is 9.46 Å². The van der Waals surface area contributed by atoms with Crippen LogP contribution in [0.4, 0.5) is 0 Å². The van der Waals surface area contributed by atoms with Gasteiger partial charge in [0.05, 0.1) is 50.4 Å². The predicted octanol–water partition coefficient (Wildman–Crippen LogP) is 5.12. The van der Waals surface area contributed by atoms with E-state index in [-0.39, 0.29) is 41.4 Å². The highest BCUT2D eigenvalue weighted by molar-refractivity contribution is 7.92. The van der Waals surface area contributed by atoms with Gasteiger partial charge in [-0.1, -0.05) is 36.7 Å². The van der Waals surface area contributed by atoms with Gasteiger partial charge in [-0.05, 0) is 79.4 Å². The Morgan fingerprint density at radius 2 is 1.86 bits per heavy atom. The molecule has 1 saturated carbocycles. The van der Waals surface area contributed by atoms with Gasteiger partial charge in [0.25, 0.3) is 11.8 Å². The number of hydrogen-bond acceptors (Lipinski definition) is 11. The Morgan fingerprint density at radius 3 is 2.61 bits per heavy atom. The van der Waals surface area contributed by atoms with Crippen LogP contribution in [0.5, 0.6) is 5.88 Å². The summed E-state index contributed by atoms with van der Waals surface area (Å²) in [5.41, 5.74) is 2.87. The maximum absolute atomic E-state index is 15.1. The van der Waals surface area contributed by atoms with Crippen molar-refractivity contribution in [1.82, 2.24) is 24.3 Å². The molecular formula is C43H59ClN6O8S. The van der Waals surface area contributed by atoms with Gasteiger partial charge in [-0.15, -0.1) is 9.46 Å². The van der Waals surface area contributed by atoms with Crippen molar-refractivity contribution in [3.63, 3.8) is 0 Å². The molecule has 59 heavy (non-hydrogen) atoms. The second-order valence-electron chi connectivity index (χ2n) is 16.5. The molecule has 16 heteroatoms. The van der Waals surface area contributed by atoms with E-state index in [0.717, 1.165) is 57.5 Å². The first-order valence-corrected chi connectivity index (χ1v) is 22.8. The van der Waals surface area contributed by atoms with Crippen molar-refractivity contribution in [2.45, 2.75) is 76.3 Å². The Balaban J connectivity index is 1.27. The third kappa shape index (κ3) is 10.5. The number of carbonyl (C=O) groups excluding carboxylic acids is 2. The van der Waals surface area contributed by atoms with Gasteiger partial charge in [-0.25, -0.2) is 4.21 Å². The number of hydrogen-bond donors (Lipinski definition) is 1. The maximum Gasteiger partial charge on any atom is 0.282 e. The van der Waals surface area contributed by atoms with E-state index in [1.807, 2.05) is 25.1 Å². The van der Waals surface area contributed by atoms with Gasteiger partial charge in [-0.3, -0.25) is 28.8 Å². The van der Waals surface area contributed by atoms with Crippen molar-refractivity contribution < 1.29 is 37.5 Å². The van der Waals surface area contributed by atoms with Gasteiger partial charge in [0, 0.05) is 83.1 Å². The topological polar surface area (TPSA) is 146 Å². The number of fused-ring (bicyclic) bond motifs is 3. The number of ether oxygens (including phenoxy) is 5. The van der Waals surface area contributed by atoms with Crippen molar-refractivity contribution in [3.8, 4) is 5.88 Å². The average Bonchev–Trinajstić information content (AvgIpc) is 3.56. The average molecular weight is 855 g/mol. The molecule has 7 atom stereocenters. The lowest BCUT2D eigenvalue weighted by Crippen LogP contribution is -2.52. The normalized spacial score (nSPS) is 30.4. The van der Waals surface area contributed by atoms with E-state index in [9.17, 15) is 9.59 Å². The van der Waals surface area contributed by atoms with Crippen molar-refractivity contribution in [3.05, 3.63) is 81.7 Å². The molecule has 2 aromatic rings. The molecule has 1 aromatic carbocycles. The first kappa shape index (κ1) is 43.5. The highest BCUT2D eigenvalue weighted by atomic mass is 35.5. The van der Waals surface area contributed by atoms with Gasteiger partial charge in [0.15, 0.2) is 0 Å². The molecule has 7 rings (SSSR count). The molecule has 1 aromatic heterocycles. The minimum Gasteiger partial charge on any atom is -0.496 e. The molecule has 0 radical (unpaired) electrons. The molecule has 2 bridgehead atoms. The number of rotatable bonds is 9. The smallest absolute Gasteiger partial charge is 0.282 e. The van der Waals surface area contributed by atoms with Crippen LogP contribution in [0, 0.1) is 17.8 Å². The summed E-state index contributed by atoms with van der Waals surface area (Å²) in [6.45, 7) is 6.61. The SMILES string of the molecule is COc1nn(C)cc1C(=O)NS1(=O)=NC(=O)C2=CC=C3OCCCCc4cc(Cl)ccc4CN(C[C@@H]4CC[C@H]4[C@@H](OC)/C=C/[C@H](OCCN4CC(OC)C4)[C@H](C)C1)C3C2. The minimum absolute atomic E-state index is 0.0646. The van der Waals surface area contributed by atoms with Crippen LogP contribution in [-0.4, -0.2) is 126 Å². The van der Waals surface area contributed by atoms with Gasteiger partial charge in [0.2, 0.25) is 5.88 Å². The van der Waals surface area contributed by atoms with E-state index in [1.54, 1.807) is 27.3 Å². The number of methoxy groups -OCH3 is 3. The molecule has 3 aliphatic heterocycles. The van der Waals surface area contributed by atoms with Gasteiger partial charge in [0.1, 0.15) is 21.2 Å². The van der Waals surface area contributed by atoms with E-state index < -0.39 is 33.8 Å². The summed E-state index contributed by atoms with van der Waals surface area (Å²) < 4.78 is 53.7. The molecule has 2 amide bonds. The van der Waals surface area contributed by atoms with Gasteiger partial charge >= 0.3 is 0 Å². The molecule has 4 heterocycles. The third-order valence-electron chi connectivity index (χ3n) is 12.4. The molecular weight excluding hydrogens is 796 g/mol. The van der Waals surface area contributed by atoms with E-state index in [2.05, 4.69) is 42.2 Å². The molecule has 322 valence electrons. The summed E-state index contributed by atoms with van der Waals surface area (Å²) in [5, 5.41) is 4.91. The Labute approximate surface area is 353 Å². The predicted molar refractivity (Wildman–Crippen MR) is 225 cm³/mol. The van der Waals surface area contributed by atoms with Crippen molar-refractivity contribution in [1.29, 1.82) is 0 Å². The number of carbonyl (C=O) groups is 2. The number of amides is 2. The lowest BCUT2D eigenvalue weighted by atomic mass is 9.69. The van der Waals surface area contributed by atoms with E-state index in [0.29, 0.717) is 49.2 Å². The molecule has 2 aliphatic carbocycles. The van der Waals surface area contributed by atoms with E-state index in [4.69, 9.17) is 35.3 Å². The number of benzene rings is 1. The van der Waals surface area contributed by atoms with Crippen molar-refractivity contribution in [2.75, 3.05) is 66.5 Å². The Bertz CT molecular complexity index is 2060. The van der Waals surface area contributed by atoms with Crippen LogP contribution in [0.25, 0.3) is 0 Å². The molecule has 2 fully saturated rings. The second kappa shape index (κ2) is 19.4. The number of halogens is 1. The number of nitrogens with one attached hydrogen (secondary N) is 1. The Kier molecular flexibility index (Phi) is 14.3. The highest BCUT2D eigenvalue weighted by Crippen LogP contribution is 2.41. The fourth-order valence-electron chi connectivity index (χ4n) is 8.86. The van der Waals surface area contributed by atoms with Crippen LogP contribution in [0.15, 0.2) is 64.4 Å². The Hall–Kier alpha value is -3.57. The lowest BCUT2D eigenvalue weighted by molar-refractivity contribution is -0.114. The summed E-state index contributed by atoms with van der Waals surface area (Å²) in [6, 6.07) is 5.85. The number of likely N-dealkylation sites (tertiary alicyclic amines) is 1. The first-order valence-electron chi connectivity index (χ1n) is 20.8. The molecule has 2 unspecified atom stereocenters. The first-order chi connectivity index (χ1) is 28.4. The number of aryl methyl sites for hydroxylation is 2. The zero-order valence-electron chi connectivity index (χ0n) is 34.8. The summed E-state index contributed by atoms with van der Waals surface area (Å²) in [6.07, 6.45) is 13.7. The largest absolute Gasteiger partial charge is 0.496 e. The zero-order valence-corrected chi connectivity index (χ0v) is 36.4. The van der Waals surface area contributed by atoms with Crippen LogP contribution in [0.2, 0.25) is 5.02 Å². The molecule has 5 aliphatic rings. The standard InChI is InChI=1S/C43H59ClN6O8S/c1-28-27-59(53,47-42(52)36-26-48(2)45-43(36)56-5)46-41(51)30-11-14-40-37(21-30)50(22-31-9-12-33(44)20-29(31)8-6-7-18-57-40)23-32-10-13-35(32)39(55-4)16-15-38(28)58-19-17-49-24-34(25-49)54-3/h9,11-12,14-16,20,26,28,32,34-35,37-39H,6-8,10,13,17-19,21-25,27H2,1-5H3,(H,46,47,51,52,53)/b16-15+/t28-,32+,35-,37?,38+,39+,59?/m1/s1. The highest BCUT2D eigenvalue weighted by Gasteiger charge is 2.41. The maximum atomic E-state index is 15.1. The van der Waals surface area contributed by atoms with E-state index >= 15 is 4.21 Å². The van der Waals surface area contributed by atoms with Crippen LogP contribution in [0.1, 0.15) is 60.5 Å². The van der Waals surface area contributed by atoms with E-state index in [1.165, 1.54) is 29.1 Å². The fourth-order valence-corrected chi connectivity index (χ4v) is 10.9. The van der Waals surface area contributed by atoms with Crippen LogP contribution in [0.3, 0.4) is 0 Å². The molecule has 1 saturated heterocycles. The molecule has 0 spiro atoms. The monoisotopic (exact) mass is 854 g/mol. The summed E-state index contributed by atoms with van der Waals surface area (Å²) in [7, 11) is 2.77. The minimum atomic E-state index is -3.76. The lowest BCUT2D eigenvalue weighted by Gasteiger charge is -2.45. The summed E-state index contributed by atoms with van der Waals surface area (Å²) in [4.78, 5) is 33.0. The summed E-state index contributed by atoms with van der Waals surface area (Å²) in [5.74, 6) is -0.535. The number of nitrogens with zero attached hydrogens (tertiary/aromatic N) is 5. The van der Waals surface area contributed by atoms with Gasteiger partial charge < -0.3 is 23.7 Å². The quantitative estimate of drug-likeness (QED) is 0.336. The summed E-state index contributed by atoms with van der Waals surface area (Å²) >= 11 is 6.53.